The molecule has 2 aromatic heterocycles. The number of pyridine rings is 2. The molecular weight excluding hydrogens is 581 g/mol. The molecule has 0 bridgehead atoms. The van der Waals surface area contributed by atoms with Gasteiger partial charge in [0, 0.05) is 22.2 Å². The summed E-state index contributed by atoms with van der Waals surface area (Å²) in [7, 11) is 0. The summed E-state index contributed by atoms with van der Waals surface area (Å²) in [6.07, 6.45) is 1.07. The summed E-state index contributed by atoms with van der Waals surface area (Å²) in [4.78, 5) is 10.6. The maximum Gasteiger partial charge on any atom is 0.0974 e. The number of hydrogen-bond acceptors (Lipinski definition) is 2. The molecule has 2 atom stereocenters. The van der Waals surface area contributed by atoms with Crippen LogP contribution in [0.25, 0.3) is 44.1 Å². The van der Waals surface area contributed by atoms with Crippen molar-refractivity contribution in [2.24, 2.45) is 11.8 Å². The van der Waals surface area contributed by atoms with Crippen LogP contribution < -0.4 is 0 Å². The lowest BCUT2D eigenvalue weighted by Crippen LogP contribution is -2.29. The minimum Gasteiger partial charge on any atom is -0.251 e. The molecule has 2 unspecified atom stereocenters. The van der Waals surface area contributed by atoms with E-state index >= 15 is 0 Å². The van der Waals surface area contributed by atoms with E-state index in [0.29, 0.717) is 17.8 Å². The first-order valence-electron chi connectivity index (χ1n) is 18.3. The lowest BCUT2D eigenvalue weighted by Gasteiger charge is -2.38. The third-order valence-electron chi connectivity index (χ3n) is 11.4. The van der Waals surface area contributed by atoms with Gasteiger partial charge in [0.25, 0.3) is 0 Å². The van der Waals surface area contributed by atoms with Gasteiger partial charge in [0.15, 0.2) is 0 Å². The molecule has 0 aliphatic heterocycles. The van der Waals surface area contributed by atoms with Crippen molar-refractivity contribution in [2.45, 2.75) is 132 Å². The van der Waals surface area contributed by atoms with E-state index in [1.165, 1.54) is 55.3 Å². The first-order valence-corrected chi connectivity index (χ1v) is 18.3. The summed E-state index contributed by atoms with van der Waals surface area (Å²) in [5, 5.41) is 2.35. The van der Waals surface area contributed by atoms with Crippen LogP contribution >= 0.6 is 0 Å². The highest BCUT2D eigenvalue weighted by Gasteiger charge is 2.34. The quantitative estimate of drug-likeness (QED) is 0.165. The largest absolute Gasteiger partial charge is 0.251 e. The molecule has 3 aromatic carbocycles. The molecule has 5 aromatic rings. The van der Waals surface area contributed by atoms with Crippen LogP contribution in [0.3, 0.4) is 0 Å². The Hall–Kier alpha value is -3.52. The number of aromatic nitrogens is 2. The van der Waals surface area contributed by atoms with Crippen LogP contribution in [-0.2, 0) is 16.2 Å². The highest BCUT2D eigenvalue weighted by atomic mass is 14.8. The minimum absolute atomic E-state index is 0.0141. The number of nitrogens with zero attached hydrogens (tertiary/aromatic N) is 2. The summed E-state index contributed by atoms with van der Waals surface area (Å²) < 4.78 is 0. The maximum atomic E-state index is 5.30. The lowest BCUT2D eigenvalue weighted by molar-refractivity contribution is 0.326. The lowest BCUT2D eigenvalue weighted by atomic mass is 9.66. The third-order valence-corrected chi connectivity index (χ3v) is 11.4. The first kappa shape index (κ1) is 35.8. The SMILES string of the molecule is CCC(C)(c1cccc(C(C)(C)C)c1-c1cc(C)nc2c1ccc1c(-c3c(C(C)C(C)C)cccc3C(C)(C)C)cc(C)nc12)C(C)C. The van der Waals surface area contributed by atoms with Gasteiger partial charge in [-0.3, -0.25) is 9.97 Å². The number of benzene rings is 3. The van der Waals surface area contributed by atoms with Gasteiger partial charge in [-0.2, -0.15) is 0 Å². The van der Waals surface area contributed by atoms with Gasteiger partial charge in [-0.15, -0.1) is 0 Å². The van der Waals surface area contributed by atoms with Crippen molar-refractivity contribution in [3.05, 3.63) is 94.3 Å². The molecular formula is C46H60N2. The Morgan fingerprint density at radius 2 is 1.02 bits per heavy atom. The van der Waals surface area contributed by atoms with E-state index in [0.717, 1.165) is 28.8 Å². The molecule has 254 valence electrons. The van der Waals surface area contributed by atoms with E-state index in [9.17, 15) is 0 Å². The zero-order valence-electron chi connectivity index (χ0n) is 32.6. The third kappa shape index (κ3) is 6.21. The zero-order valence-corrected chi connectivity index (χ0v) is 32.6. The van der Waals surface area contributed by atoms with E-state index in [1.54, 1.807) is 0 Å². The summed E-state index contributed by atoms with van der Waals surface area (Å²) in [5.41, 5.74) is 14.9. The predicted octanol–water partition coefficient (Wildman–Crippen LogP) is 13.4. The van der Waals surface area contributed by atoms with Gasteiger partial charge >= 0.3 is 0 Å². The fourth-order valence-electron chi connectivity index (χ4n) is 7.73. The van der Waals surface area contributed by atoms with E-state index < -0.39 is 0 Å². The van der Waals surface area contributed by atoms with E-state index in [1.807, 2.05) is 0 Å². The molecule has 0 aliphatic carbocycles. The Morgan fingerprint density at radius 3 is 1.46 bits per heavy atom. The van der Waals surface area contributed by atoms with Crippen molar-refractivity contribution >= 4 is 21.8 Å². The number of fused-ring (bicyclic) bond motifs is 3. The Bertz CT molecular complexity index is 1980. The summed E-state index contributed by atoms with van der Waals surface area (Å²) in [5.74, 6) is 1.43. The van der Waals surface area contributed by atoms with Crippen LogP contribution in [0.15, 0.2) is 60.7 Å². The van der Waals surface area contributed by atoms with E-state index in [4.69, 9.17) is 9.97 Å². The molecule has 0 saturated heterocycles. The van der Waals surface area contributed by atoms with Gasteiger partial charge in [-0.1, -0.05) is 139 Å². The summed E-state index contributed by atoms with van der Waals surface area (Å²) in [6.45, 7) is 34.9. The van der Waals surface area contributed by atoms with E-state index in [2.05, 4.69) is 165 Å². The van der Waals surface area contributed by atoms with Crippen molar-refractivity contribution in [1.29, 1.82) is 0 Å². The maximum absolute atomic E-state index is 5.30. The van der Waals surface area contributed by atoms with Crippen molar-refractivity contribution in [3.8, 4) is 22.3 Å². The van der Waals surface area contributed by atoms with Crippen LogP contribution in [0.2, 0.25) is 0 Å². The zero-order chi connectivity index (χ0) is 35.5. The molecule has 0 aliphatic rings. The van der Waals surface area contributed by atoms with Crippen molar-refractivity contribution in [1.82, 2.24) is 9.97 Å². The molecule has 2 heteroatoms. The van der Waals surface area contributed by atoms with Crippen LogP contribution in [0, 0.1) is 25.7 Å². The fraction of sp³-hybridized carbons (Fsp3) is 0.478. The molecule has 0 spiro atoms. The molecule has 48 heavy (non-hydrogen) atoms. The van der Waals surface area contributed by atoms with Crippen LogP contribution in [0.1, 0.15) is 136 Å². The monoisotopic (exact) mass is 640 g/mol. The molecule has 0 radical (unpaired) electrons. The van der Waals surface area contributed by atoms with E-state index in [-0.39, 0.29) is 16.2 Å². The van der Waals surface area contributed by atoms with Gasteiger partial charge in [0.2, 0.25) is 0 Å². The van der Waals surface area contributed by atoms with Gasteiger partial charge in [0.1, 0.15) is 0 Å². The second-order valence-corrected chi connectivity index (χ2v) is 17.4. The van der Waals surface area contributed by atoms with Crippen LogP contribution in [0.4, 0.5) is 0 Å². The first-order chi connectivity index (χ1) is 22.3. The molecule has 2 nitrogen and oxygen atoms in total. The second-order valence-electron chi connectivity index (χ2n) is 17.4. The van der Waals surface area contributed by atoms with Crippen molar-refractivity contribution in [2.75, 3.05) is 0 Å². The molecule has 5 rings (SSSR count). The number of hydrogen-bond donors (Lipinski definition) is 0. The average molecular weight is 641 g/mol. The molecule has 0 amide bonds. The summed E-state index contributed by atoms with van der Waals surface area (Å²) >= 11 is 0. The number of rotatable bonds is 7. The molecule has 0 N–H and O–H groups in total. The Labute approximate surface area is 291 Å². The van der Waals surface area contributed by atoms with Crippen LogP contribution in [-0.4, -0.2) is 9.97 Å². The van der Waals surface area contributed by atoms with Gasteiger partial charge in [-0.05, 0) is 111 Å². The normalized spacial score (nSPS) is 14.7. The Morgan fingerprint density at radius 1 is 0.583 bits per heavy atom. The van der Waals surface area contributed by atoms with Gasteiger partial charge in [-0.25, -0.2) is 0 Å². The fourth-order valence-corrected chi connectivity index (χ4v) is 7.73. The standard InChI is InChI=1S/C46H60N2/c1-16-46(15,28(4)5)39-22-18-21-38(45(12,13)14)41(39)36-26-30(7)48-43-34(36)24-23-33-35(25-29(6)47-42(33)43)40-32(31(8)27(2)3)19-17-20-37(40)44(9,10)11/h17-28,31H,16H2,1-15H3. The smallest absolute Gasteiger partial charge is 0.0974 e. The van der Waals surface area contributed by atoms with Crippen molar-refractivity contribution < 1.29 is 0 Å². The second kappa shape index (κ2) is 12.7. The summed E-state index contributed by atoms with van der Waals surface area (Å²) in [6, 6.07) is 23.3. The Kier molecular flexibility index (Phi) is 9.50. The highest BCUT2D eigenvalue weighted by molar-refractivity contribution is 6.13. The van der Waals surface area contributed by atoms with Gasteiger partial charge < -0.3 is 0 Å². The number of aryl methyl sites for hydroxylation is 2. The topological polar surface area (TPSA) is 25.8 Å². The highest BCUT2D eigenvalue weighted by Crippen LogP contribution is 2.48. The Balaban J connectivity index is 1.95. The molecule has 0 fully saturated rings. The van der Waals surface area contributed by atoms with Gasteiger partial charge in [0.05, 0.1) is 11.0 Å². The van der Waals surface area contributed by atoms with Crippen LogP contribution in [0.5, 0.6) is 0 Å². The average Bonchev–Trinajstić information content (AvgIpc) is 3.01. The molecule has 0 saturated carbocycles. The van der Waals surface area contributed by atoms with Crippen molar-refractivity contribution in [3.63, 3.8) is 0 Å². The minimum atomic E-state index is -0.0283. The predicted molar refractivity (Wildman–Crippen MR) is 211 cm³/mol. The molecule has 2 heterocycles.